The number of carbonyl (C=O) groups is 3. The van der Waals surface area contributed by atoms with E-state index in [1.54, 1.807) is 12.2 Å². The molecule has 0 rings (SSSR count). The fraction of sp³-hybridized carbons (Fsp3) is 0.717. The van der Waals surface area contributed by atoms with Crippen molar-refractivity contribution < 1.29 is 52.6 Å². The van der Waals surface area contributed by atoms with Gasteiger partial charge in [0.05, 0.1) is 19.3 Å². The van der Waals surface area contributed by atoms with Gasteiger partial charge in [0, 0.05) is 30.4 Å². The van der Waals surface area contributed by atoms with E-state index in [1.807, 2.05) is 24.3 Å². The van der Waals surface area contributed by atoms with Crippen LogP contribution in [-0.4, -0.2) is 88.6 Å². The van der Waals surface area contributed by atoms with Crippen molar-refractivity contribution >= 4 is 37.5 Å². The Bertz CT molecular complexity index is 1310. The minimum atomic E-state index is -4.54. The molecule has 61 heavy (non-hydrogen) atoms. The van der Waals surface area contributed by atoms with Crippen molar-refractivity contribution in [2.45, 2.75) is 179 Å². The van der Waals surface area contributed by atoms with Gasteiger partial charge in [-0.25, -0.2) is 4.57 Å². The van der Waals surface area contributed by atoms with Crippen LogP contribution in [0.15, 0.2) is 60.8 Å². The minimum absolute atomic E-state index is 0.0129. The van der Waals surface area contributed by atoms with E-state index in [0.29, 0.717) is 6.42 Å². The van der Waals surface area contributed by atoms with Crippen LogP contribution in [0.4, 0.5) is 0 Å². The van der Waals surface area contributed by atoms with Gasteiger partial charge in [0.2, 0.25) is 0 Å². The molecule has 352 valence electrons. The number of hydrogen-bond acceptors (Lipinski definition) is 12. The van der Waals surface area contributed by atoms with Crippen molar-refractivity contribution in [1.29, 1.82) is 0 Å². The molecule has 0 bridgehead atoms. The van der Waals surface area contributed by atoms with Crippen LogP contribution in [0.25, 0.3) is 0 Å². The van der Waals surface area contributed by atoms with E-state index in [4.69, 9.17) is 35.1 Å². The summed E-state index contributed by atoms with van der Waals surface area (Å²) in [5, 5.41) is 19.4. The first-order chi connectivity index (χ1) is 29.4. The normalized spacial score (nSPS) is 15.2. The second kappa shape index (κ2) is 41.5. The number of unbranched alkanes of at least 4 members (excludes halogenated alkanes) is 14. The second-order valence-electron chi connectivity index (χ2n) is 15.1. The van der Waals surface area contributed by atoms with Gasteiger partial charge in [-0.15, -0.1) is 11.8 Å². The largest absolute Gasteiger partial charge is 0.481 e. The summed E-state index contributed by atoms with van der Waals surface area (Å²) in [6, 6.07) is -1.19. The van der Waals surface area contributed by atoms with Crippen LogP contribution >= 0.6 is 19.6 Å². The average molecular weight is 901 g/mol. The average Bonchev–Trinajstić information content (AvgIpc) is 3.23. The lowest BCUT2D eigenvalue weighted by atomic mass is 10.1. The van der Waals surface area contributed by atoms with Gasteiger partial charge in [-0.1, -0.05) is 139 Å². The fourth-order valence-electron chi connectivity index (χ4n) is 5.82. The van der Waals surface area contributed by atoms with Gasteiger partial charge >= 0.3 is 25.7 Å². The molecule has 1 unspecified atom stereocenters. The first kappa shape index (κ1) is 58.5. The van der Waals surface area contributed by atoms with Crippen molar-refractivity contribution in [3.8, 4) is 0 Å². The molecule has 0 fully saturated rings. The van der Waals surface area contributed by atoms with Crippen molar-refractivity contribution in [2.75, 3.05) is 32.1 Å². The van der Waals surface area contributed by atoms with Gasteiger partial charge in [-0.3, -0.25) is 23.4 Å². The van der Waals surface area contributed by atoms with Crippen molar-refractivity contribution in [1.82, 2.24) is 0 Å². The highest BCUT2D eigenvalue weighted by Gasteiger charge is 2.28. The molecular formula is C46H81N2O11PS. The molecule has 7 N–H and O–H groups in total. The quantitative estimate of drug-likeness (QED) is 0.0127. The smallest absolute Gasteiger partial charge is 0.472 e. The molecule has 0 aromatic rings. The Morgan fingerprint density at radius 1 is 0.721 bits per heavy atom. The standard InChI is InChI=1S/C46H81N2O11PS/c1-3-5-7-9-11-13-15-17-18-19-21-23-25-27-29-34-45(52)56-37-40(38-58-60(54,55)57-36-35-47)59-46(53)41(48)39-61-43(42(49)31-30-33-44(50)51)32-28-26-24-22-20-16-14-12-10-8-6-4-2/h12,14,17-18,20,22,24,26,28,32,40-43,49H,3-11,13,15-16,19,21,23,25,27,29-31,33-39,47-48H2,1-2H3,(H,50,51)(H,54,55)/b14-12-,18-17-,22-20-,26-24+,32-28+/t40-,41+,42+,43-/m1/s1. The van der Waals surface area contributed by atoms with Crippen LogP contribution in [0, 0.1) is 0 Å². The van der Waals surface area contributed by atoms with Gasteiger partial charge < -0.3 is 36.0 Å². The third-order valence-electron chi connectivity index (χ3n) is 9.38. The SMILES string of the molecule is CCCCC/C=C\C\C=C/C=C/C=C/[C@@H](SC[C@H](N)C(=O)O[C@H](COC(=O)CCCCCCC/C=C\CCCCCCCC)COP(=O)(O)OCCN)[C@@H](O)CCCC(=O)O. The summed E-state index contributed by atoms with van der Waals surface area (Å²) in [5.74, 6) is -2.33. The number of carboxylic acids is 1. The van der Waals surface area contributed by atoms with Gasteiger partial charge in [0.25, 0.3) is 0 Å². The molecule has 0 heterocycles. The van der Waals surface area contributed by atoms with E-state index < -0.39 is 62.4 Å². The number of esters is 2. The van der Waals surface area contributed by atoms with E-state index in [2.05, 4.69) is 38.2 Å². The predicted octanol–water partition coefficient (Wildman–Crippen LogP) is 9.81. The summed E-state index contributed by atoms with van der Waals surface area (Å²) in [5.41, 5.74) is 11.6. The molecule has 13 nitrogen and oxygen atoms in total. The van der Waals surface area contributed by atoms with Crippen LogP contribution in [0.1, 0.15) is 155 Å². The van der Waals surface area contributed by atoms with Crippen LogP contribution in [-0.2, 0) is 37.5 Å². The number of ether oxygens (including phenoxy) is 2. The number of allylic oxidation sites excluding steroid dienone is 9. The fourth-order valence-corrected chi connectivity index (χ4v) is 7.71. The maximum atomic E-state index is 13.1. The monoisotopic (exact) mass is 901 g/mol. The van der Waals surface area contributed by atoms with E-state index >= 15 is 0 Å². The Labute approximate surface area is 371 Å². The van der Waals surface area contributed by atoms with Gasteiger partial charge in [-0.05, 0) is 64.2 Å². The van der Waals surface area contributed by atoms with E-state index in [1.165, 1.54) is 69.5 Å². The molecule has 0 aliphatic rings. The zero-order valence-corrected chi connectivity index (χ0v) is 39.0. The zero-order chi connectivity index (χ0) is 45.2. The maximum absolute atomic E-state index is 13.1. The number of carboxylic acid groups (broad SMARTS) is 1. The highest BCUT2D eigenvalue weighted by Crippen LogP contribution is 2.43. The Balaban J connectivity index is 5.10. The molecule has 0 aliphatic carbocycles. The lowest BCUT2D eigenvalue weighted by Gasteiger charge is -2.23. The Kier molecular flexibility index (Phi) is 39.7. The summed E-state index contributed by atoms with van der Waals surface area (Å²) >= 11 is 1.20. The number of carbonyl (C=O) groups excluding carboxylic acids is 2. The lowest BCUT2D eigenvalue weighted by Crippen LogP contribution is -2.40. The molecule has 0 saturated carbocycles. The highest BCUT2D eigenvalue weighted by atomic mass is 32.2. The number of rotatable bonds is 42. The summed E-state index contributed by atoms with van der Waals surface area (Å²) < 4.78 is 32.9. The van der Waals surface area contributed by atoms with Crippen LogP contribution in [0.5, 0.6) is 0 Å². The third kappa shape index (κ3) is 38.8. The summed E-state index contributed by atoms with van der Waals surface area (Å²) in [4.78, 5) is 46.7. The number of aliphatic carboxylic acids is 1. The Morgan fingerprint density at radius 2 is 1.31 bits per heavy atom. The van der Waals surface area contributed by atoms with Crippen LogP contribution in [0.2, 0.25) is 0 Å². The molecule has 0 radical (unpaired) electrons. The van der Waals surface area contributed by atoms with E-state index in [9.17, 15) is 28.9 Å². The maximum Gasteiger partial charge on any atom is 0.472 e. The molecule has 5 atom stereocenters. The summed E-state index contributed by atoms with van der Waals surface area (Å²) in [6.45, 7) is 3.09. The summed E-state index contributed by atoms with van der Waals surface area (Å²) in [7, 11) is -4.54. The number of thioether (sulfide) groups is 1. The van der Waals surface area contributed by atoms with Crippen LogP contribution < -0.4 is 11.5 Å². The predicted molar refractivity (Wildman–Crippen MR) is 248 cm³/mol. The number of aliphatic hydroxyl groups excluding tert-OH is 1. The Hall–Kier alpha value is -2.55. The van der Waals surface area contributed by atoms with E-state index in [-0.39, 0.29) is 44.6 Å². The number of aliphatic hydroxyl groups is 1. The topological polar surface area (TPSA) is 218 Å². The second-order valence-corrected chi connectivity index (χ2v) is 17.8. The number of phosphoric ester groups is 1. The minimum Gasteiger partial charge on any atom is -0.481 e. The molecule has 0 aromatic carbocycles. The first-order valence-electron chi connectivity index (χ1n) is 22.7. The van der Waals surface area contributed by atoms with Crippen molar-refractivity contribution in [2.24, 2.45) is 11.5 Å². The lowest BCUT2D eigenvalue weighted by molar-refractivity contribution is -0.161. The summed E-state index contributed by atoms with van der Waals surface area (Å²) in [6.07, 6.45) is 38.6. The van der Waals surface area contributed by atoms with Gasteiger partial charge in [0.1, 0.15) is 12.6 Å². The molecule has 0 spiro atoms. The zero-order valence-electron chi connectivity index (χ0n) is 37.3. The van der Waals surface area contributed by atoms with Crippen molar-refractivity contribution in [3.05, 3.63) is 60.8 Å². The third-order valence-corrected chi connectivity index (χ3v) is 11.8. The molecule has 0 saturated heterocycles. The highest BCUT2D eigenvalue weighted by molar-refractivity contribution is 8.00. The molecule has 0 aliphatic heterocycles. The van der Waals surface area contributed by atoms with Gasteiger partial charge in [-0.2, -0.15) is 0 Å². The number of phosphoric acid groups is 1. The number of hydrogen-bond donors (Lipinski definition) is 5. The van der Waals surface area contributed by atoms with Crippen molar-refractivity contribution in [3.63, 3.8) is 0 Å². The molecule has 0 aromatic heterocycles. The first-order valence-corrected chi connectivity index (χ1v) is 25.2. The van der Waals surface area contributed by atoms with E-state index in [0.717, 1.165) is 51.4 Å². The molecular weight excluding hydrogens is 820 g/mol. The number of nitrogens with two attached hydrogens (primary N) is 2. The Morgan fingerprint density at radius 3 is 1.97 bits per heavy atom. The van der Waals surface area contributed by atoms with Gasteiger partial charge in [0.15, 0.2) is 6.10 Å². The molecule has 15 heteroatoms. The molecule has 0 amide bonds. The van der Waals surface area contributed by atoms with Crippen LogP contribution in [0.3, 0.4) is 0 Å².